The molecule has 6 nitrogen and oxygen atoms in total. The minimum absolute atomic E-state index is 0.365. The molecule has 122 valence electrons. The van der Waals surface area contributed by atoms with Crippen LogP contribution in [0.1, 0.15) is 21.1 Å². The number of rotatable bonds is 4. The lowest BCUT2D eigenvalue weighted by Crippen LogP contribution is -2.02. The van der Waals surface area contributed by atoms with E-state index in [9.17, 15) is 4.79 Å². The lowest BCUT2D eigenvalue weighted by molar-refractivity contribution is 0.0601. The van der Waals surface area contributed by atoms with Gasteiger partial charge in [-0.05, 0) is 44.2 Å². The predicted octanol–water partition coefficient (Wildman–Crippen LogP) is 3.75. The van der Waals surface area contributed by atoms with Crippen molar-refractivity contribution in [3.05, 3.63) is 52.8 Å². The Kier molecular flexibility index (Phi) is 4.52. The summed E-state index contributed by atoms with van der Waals surface area (Å²) in [5.41, 5.74) is 3.08. The van der Waals surface area contributed by atoms with Gasteiger partial charge in [0, 0.05) is 11.9 Å². The molecule has 3 aromatic rings. The van der Waals surface area contributed by atoms with Crippen LogP contribution >= 0.6 is 11.3 Å². The Labute approximate surface area is 143 Å². The summed E-state index contributed by atoms with van der Waals surface area (Å²) < 4.78 is 4.68. The van der Waals surface area contributed by atoms with Gasteiger partial charge in [0.1, 0.15) is 0 Å². The second-order valence-electron chi connectivity index (χ2n) is 5.11. The minimum Gasteiger partial charge on any atom is -0.465 e. The largest absolute Gasteiger partial charge is 0.465 e. The van der Waals surface area contributed by atoms with Gasteiger partial charge < -0.3 is 10.1 Å². The molecule has 0 saturated carbocycles. The van der Waals surface area contributed by atoms with E-state index >= 15 is 0 Å². The van der Waals surface area contributed by atoms with Crippen LogP contribution in [0.2, 0.25) is 0 Å². The van der Waals surface area contributed by atoms with Gasteiger partial charge in [0.05, 0.1) is 33.9 Å². The lowest BCUT2D eigenvalue weighted by Gasteiger charge is -2.07. The van der Waals surface area contributed by atoms with Crippen molar-refractivity contribution in [2.24, 2.45) is 0 Å². The third kappa shape index (κ3) is 3.41. The van der Waals surface area contributed by atoms with Gasteiger partial charge in [0.2, 0.25) is 5.95 Å². The molecule has 0 saturated heterocycles. The Balaban J connectivity index is 1.82. The topological polar surface area (TPSA) is 77.0 Å². The van der Waals surface area contributed by atoms with Crippen LogP contribution in [-0.2, 0) is 4.74 Å². The van der Waals surface area contributed by atoms with Crippen LogP contribution in [0.4, 0.5) is 11.6 Å². The number of nitrogens with one attached hydrogen (secondary N) is 1. The number of aromatic nitrogens is 3. The first-order valence-corrected chi connectivity index (χ1v) is 8.11. The smallest absolute Gasteiger partial charge is 0.337 e. The fourth-order valence-corrected chi connectivity index (χ4v) is 3.14. The lowest BCUT2D eigenvalue weighted by atomic mass is 10.2. The molecule has 0 amide bonds. The number of aryl methyl sites for hydroxylation is 2. The maximum absolute atomic E-state index is 11.4. The summed E-state index contributed by atoms with van der Waals surface area (Å²) >= 11 is 1.61. The SMILES string of the molecule is COC(=O)c1ccc(Nc2nccc(-c3sc(C)nc3C)n2)cc1. The van der Waals surface area contributed by atoms with E-state index in [1.54, 1.807) is 41.8 Å². The number of hydrogen-bond acceptors (Lipinski definition) is 7. The highest BCUT2D eigenvalue weighted by molar-refractivity contribution is 7.15. The van der Waals surface area contributed by atoms with E-state index in [0.29, 0.717) is 11.5 Å². The molecule has 7 heteroatoms. The second-order valence-corrected chi connectivity index (χ2v) is 6.31. The van der Waals surface area contributed by atoms with Crippen LogP contribution in [0.5, 0.6) is 0 Å². The number of anilines is 2. The zero-order valence-corrected chi connectivity index (χ0v) is 14.3. The Hall–Kier alpha value is -2.80. The Morgan fingerprint density at radius 1 is 1.12 bits per heavy atom. The van der Waals surface area contributed by atoms with Crippen LogP contribution in [0, 0.1) is 13.8 Å². The Morgan fingerprint density at radius 3 is 2.50 bits per heavy atom. The molecule has 0 unspecified atom stereocenters. The van der Waals surface area contributed by atoms with Crippen molar-refractivity contribution in [2.45, 2.75) is 13.8 Å². The first kappa shape index (κ1) is 16.1. The molecule has 0 spiro atoms. The third-order valence-electron chi connectivity index (χ3n) is 3.35. The van der Waals surface area contributed by atoms with Gasteiger partial charge in [-0.15, -0.1) is 11.3 Å². The monoisotopic (exact) mass is 340 g/mol. The highest BCUT2D eigenvalue weighted by atomic mass is 32.1. The van der Waals surface area contributed by atoms with E-state index < -0.39 is 0 Å². The van der Waals surface area contributed by atoms with Crippen LogP contribution < -0.4 is 5.32 Å². The van der Waals surface area contributed by atoms with Crippen molar-refractivity contribution in [1.82, 2.24) is 15.0 Å². The molecular formula is C17H16N4O2S. The second kappa shape index (κ2) is 6.76. The maximum Gasteiger partial charge on any atom is 0.337 e. The van der Waals surface area contributed by atoms with E-state index in [0.717, 1.165) is 27.0 Å². The van der Waals surface area contributed by atoms with Crippen LogP contribution in [0.3, 0.4) is 0 Å². The maximum atomic E-state index is 11.4. The number of carbonyl (C=O) groups excluding carboxylic acids is 1. The number of esters is 1. The van der Waals surface area contributed by atoms with E-state index in [-0.39, 0.29) is 5.97 Å². The quantitative estimate of drug-likeness (QED) is 0.729. The molecule has 2 aromatic heterocycles. The molecule has 24 heavy (non-hydrogen) atoms. The number of nitrogens with zero attached hydrogens (tertiary/aromatic N) is 3. The molecular weight excluding hydrogens is 324 g/mol. The Morgan fingerprint density at radius 2 is 1.88 bits per heavy atom. The van der Waals surface area contributed by atoms with Gasteiger partial charge in [0.25, 0.3) is 0 Å². The van der Waals surface area contributed by atoms with Crippen molar-refractivity contribution in [1.29, 1.82) is 0 Å². The Bertz CT molecular complexity index is 875. The summed E-state index contributed by atoms with van der Waals surface area (Å²) in [6, 6.07) is 8.81. The zero-order valence-electron chi connectivity index (χ0n) is 13.5. The fraction of sp³-hybridized carbons (Fsp3) is 0.176. The molecule has 0 aliphatic carbocycles. The van der Waals surface area contributed by atoms with Gasteiger partial charge in [-0.2, -0.15) is 0 Å². The highest BCUT2D eigenvalue weighted by Crippen LogP contribution is 2.28. The standard InChI is InChI=1S/C17H16N4O2S/c1-10-15(24-11(2)19-10)14-8-9-18-17(21-14)20-13-6-4-12(5-7-13)16(22)23-3/h4-9H,1-3H3,(H,18,20,21). The van der Waals surface area contributed by atoms with Crippen molar-refractivity contribution < 1.29 is 9.53 Å². The first-order chi connectivity index (χ1) is 11.6. The molecule has 2 heterocycles. The number of benzene rings is 1. The average molecular weight is 340 g/mol. The molecule has 3 rings (SSSR count). The van der Waals surface area contributed by atoms with Crippen LogP contribution in [-0.4, -0.2) is 28.0 Å². The van der Waals surface area contributed by atoms with Gasteiger partial charge in [-0.3, -0.25) is 0 Å². The number of hydrogen-bond donors (Lipinski definition) is 1. The van der Waals surface area contributed by atoms with Crippen molar-refractivity contribution in [2.75, 3.05) is 12.4 Å². The summed E-state index contributed by atoms with van der Waals surface area (Å²) in [5, 5.41) is 4.14. The van der Waals surface area contributed by atoms with Gasteiger partial charge >= 0.3 is 5.97 Å². The van der Waals surface area contributed by atoms with Crippen molar-refractivity contribution >= 4 is 28.9 Å². The third-order valence-corrected chi connectivity index (χ3v) is 4.45. The van der Waals surface area contributed by atoms with E-state index in [1.807, 2.05) is 19.9 Å². The molecule has 0 fully saturated rings. The van der Waals surface area contributed by atoms with Crippen molar-refractivity contribution in [3.8, 4) is 10.6 Å². The zero-order chi connectivity index (χ0) is 17.1. The summed E-state index contributed by atoms with van der Waals surface area (Å²) in [7, 11) is 1.36. The number of carbonyl (C=O) groups is 1. The average Bonchev–Trinajstić information content (AvgIpc) is 2.93. The molecule has 0 bridgehead atoms. The molecule has 1 N–H and O–H groups in total. The minimum atomic E-state index is -0.365. The van der Waals surface area contributed by atoms with Gasteiger partial charge in [-0.1, -0.05) is 0 Å². The summed E-state index contributed by atoms with van der Waals surface area (Å²) in [4.78, 5) is 25.7. The normalized spacial score (nSPS) is 10.5. The number of ether oxygens (including phenoxy) is 1. The molecule has 0 aliphatic heterocycles. The first-order valence-electron chi connectivity index (χ1n) is 7.29. The number of thiazole rings is 1. The van der Waals surface area contributed by atoms with Crippen LogP contribution in [0.15, 0.2) is 36.5 Å². The number of methoxy groups -OCH3 is 1. The predicted molar refractivity (Wildman–Crippen MR) is 93.7 cm³/mol. The van der Waals surface area contributed by atoms with Gasteiger partial charge in [-0.25, -0.2) is 19.7 Å². The highest BCUT2D eigenvalue weighted by Gasteiger charge is 2.10. The van der Waals surface area contributed by atoms with Crippen LogP contribution in [0.25, 0.3) is 10.6 Å². The summed E-state index contributed by atoms with van der Waals surface area (Å²) in [6.07, 6.45) is 1.71. The molecule has 0 radical (unpaired) electrons. The molecule has 0 atom stereocenters. The fourth-order valence-electron chi connectivity index (χ4n) is 2.25. The molecule has 0 aliphatic rings. The summed E-state index contributed by atoms with van der Waals surface area (Å²) in [5.74, 6) is 0.125. The van der Waals surface area contributed by atoms with Gasteiger partial charge in [0.15, 0.2) is 0 Å². The summed E-state index contributed by atoms with van der Waals surface area (Å²) in [6.45, 7) is 3.95. The van der Waals surface area contributed by atoms with E-state index in [1.165, 1.54) is 7.11 Å². The van der Waals surface area contributed by atoms with Crippen molar-refractivity contribution in [3.63, 3.8) is 0 Å². The van der Waals surface area contributed by atoms with E-state index in [4.69, 9.17) is 0 Å². The molecule has 1 aromatic carbocycles. The van der Waals surface area contributed by atoms with E-state index in [2.05, 4.69) is 25.0 Å².